The van der Waals surface area contributed by atoms with Gasteiger partial charge in [-0.2, -0.15) is 0 Å². The van der Waals surface area contributed by atoms with Crippen molar-refractivity contribution in [3.05, 3.63) is 34.0 Å². The Balaban J connectivity index is 1.89. The fraction of sp³-hybridized carbons (Fsp3) is 0.500. The number of thioether (sulfide) groups is 1. The van der Waals surface area contributed by atoms with Gasteiger partial charge in [0.25, 0.3) is 11.1 Å². The van der Waals surface area contributed by atoms with E-state index in [1.807, 2.05) is 7.05 Å². The summed E-state index contributed by atoms with van der Waals surface area (Å²) in [7, 11) is 1.95. The van der Waals surface area contributed by atoms with Crippen LogP contribution in [0, 0.1) is 5.82 Å². The second kappa shape index (κ2) is 8.06. The summed E-state index contributed by atoms with van der Waals surface area (Å²) in [5.41, 5.74) is 2.00. The highest BCUT2D eigenvalue weighted by Gasteiger charge is 2.38. The van der Waals surface area contributed by atoms with Crippen LogP contribution in [0.25, 0.3) is 6.08 Å². The van der Waals surface area contributed by atoms with Gasteiger partial charge in [0.15, 0.2) is 0 Å². The first-order valence-corrected chi connectivity index (χ1v) is 10.7. The Kier molecular flexibility index (Phi) is 6.00. The number of carbonyl (C=O) groups excluding carboxylic acids is 3. The number of nitrogens with zero attached hydrogens (tertiary/aromatic N) is 2. The lowest BCUT2D eigenvalue weighted by Crippen LogP contribution is -2.45. The molecular weight excluding hydrogens is 407 g/mol. The molecule has 2 heterocycles. The molecule has 1 saturated heterocycles. The zero-order chi connectivity index (χ0) is 22.4. The number of hydrogen-bond acceptors (Lipinski definition) is 6. The van der Waals surface area contributed by atoms with Crippen LogP contribution in [0.4, 0.5) is 14.9 Å². The van der Waals surface area contributed by atoms with Crippen LogP contribution < -0.4 is 4.90 Å². The van der Waals surface area contributed by atoms with Crippen molar-refractivity contribution < 1.29 is 23.5 Å². The maximum Gasteiger partial charge on any atom is 0.326 e. The van der Waals surface area contributed by atoms with Crippen molar-refractivity contribution in [1.29, 1.82) is 0 Å². The number of fused-ring (bicyclic) bond motifs is 1. The monoisotopic (exact) mass is 434 g/mol. The second-order valence-corrected chi connectivity index (χ2v) is 9.71. The van der Waals surface area contributed by atoms with Crippen molar-refractivity contribution in [3.8, 4) is 0 Å². The third kappa shape index (κ3) is 4.24. The van der Waals surface area contributed by atoms with Gasteiger partial charge in [-0.3, -0.25) is 19.3 Å². The fourth-order valence-electron chi connectivity index (χ4n) is 3.92. The minimum atomic E-state index is -0.659. The van der Waals surface area contributed by atoms with Crippen molar-refractivity contribution in [1.82, 2.24) is 4.90 Å². The zero-order valence-corrected chi connectivity index (χ0v) is 18.9. The molecule has 1 unspecified atom stereocenters. The maximum atomic E-state index is 14.9. The number of ether oxygens (including phenoxy) is 1. The summed E-state index contributed by atoms with van der Waals surface area (Å²) in [6, 6.07) is 3.24. The quantitative estimate of drug-likeness (QED) is 0.512. The summed E-state index contributed by atoms with van der Waals surface area (Å²) in [5.74, 6) is -1.52. The number of rotatable bonds is 4. The Labute approximate surface area is 180 Å². The van der Waals surface area contributed by atoms with E-state index in [-0.39, 0.29) is 28.0 Å². The zero-order valence-electron chi connectivity index (χ0n) is 18.1. The SMILES string of the molecule is CC(C)OC(=O)CN1C(=O)S/C(=C\c2cc3c(cc2F)N(C)C(C)(C)CC3C)C1=O. The van der Waals surface area contributed by atoms with Gasteiger partial charge in [0, 0.05) is 23.8 Å². The summed E-state index contributed by atoms with van der Waals surface area (Å²) in [4.78, 5) is 39.7. The van der Waals surface area contributed by atoms with E-state index in [0.717, 1.165) is 22.6 Å². The van der Waals surface area contributed by atoms with E-state index >= 15 is 0 Å². The minimum Gasteiger partial charge on any atom is -0.462 e. The van der Waals surface area contributed by atoms with E-state index in [1.54, 1.807) is 19.9 Å². The Morgan fingerprint density at radius 1 is 1.37 bits per heavy atom. The van der Waals surface area contributed by atoms with Crippen LogP contribution in [-0.4, -0.2) is 47.3 Å². The predicted molar refractivity (Wildman–Crippen MR) is 116 cm³/mol. The van der Waals surface area contributed by atoms with Gasteiger partial charge >= 0.3 is 5.97 Å². The summed E-state index contributed by atoms with van der Waals surface area (Å²) in [6.45, 7) is 9.26. The molecule has 6 nitrogen and oxygen atoms in total. The molecule has 0 spiro atoms. The Morgan fingerprint density at radius 2 is 2.03 bits per heavy atom. The fourth-order valence-corrected chi connectivity index (χ4v) is 4.75. The standard InChI is InChI=1S/C22H27FN2O4S/c1-12(2)29-19(26)11-25-20(27)18(30-21(25)28)8-14-7-15-13(3)10-22(4,5)24(6)17(15)9-16(14)23/h7-9,12-13H,10-11H2,1-6H3/b18-8-. The van der Waals surface area contributed by atoms with E-state index < -0.39 is 29.5 Å². The summed E-state index contributed by atoms with van der Waals surface area (Å²) < 4.78 is 19.9. The van der Waals surface area contributed by atoms with Crippen molar-refractivity contribution in [2.75, 3.05) is 18.5 Å². The lowest BCUT2D eigenvalue weighted by atomic mass is 9.80. The van der Waals surface area contributed by atoms with E-state index in [4.69, 9.17) is 4.74 Å². The van der Waals surface area contributed by atoms with Gasteiger partial charge in [0.05, 0.1) is 11.0 Å². The molecule has 162 valence electrons. The number of esters is 1. The van der Waals surface area contributed by atoms with E-state index in [0.29, 0.717) is 11.8 Å². The van der Waals surface area contributed by atoms with Gasteiger partial charge in [-0.05, 0) is 75.6 Å². The third-order valence-corrected chi connectivity index (χ3v) is 6.47. The summed E-state index contributed by atoms with van der Waals surface area (Å²) in [5, 5.41) is -0.569. The highest BCUT2D eigenvalue weighted by atomic mass is 32.2. The second-order valence-electron chi connectivity index (χ2n) is 8.72. The van der Waals surface area contributed by atoms with Crippen LogP contribution in [0.2, 0.25) is 0 Å². The van der Waals surface area contributed by atoms with Crippen LogP contribution >= 0.6 is 11.8 Å². The van der Waals surface area contributed by atoms with Gasteiger partial charge in [0.2, 0.25) is 0 Å². The third-order valence-electron chi connectivity index (χ3n) is 5.57. The van der Waals surface area contributed by atoms with Crippen LogP contribution in [0.1, 0.15) is 58.1 Å². The summed E-state index contributed by atoms with van der Waals surface area (Å²) in [6.07, 6.45) is 1.96. The lowest BCUT2D eigenvalue weighted by Gasteiger charge is -2.45. The largest absolute Gasteiger partial charge is 0.462 e. The molecule has 0 aliphatic carbocycles. The minimum absolute atomic E-state index is 0.0897. The Hall–Kier alpha value is -2.35. The van der Waals surface area contributed by atoms with E-state index in [9.17, 15) is 18.8 Å². The van der Waals surface area contributed by atoms with Crippen LogP contribution in [0.5, 0.6) is 0 Å². The number of carbonyl (C=O) groups is 3. The lowest BCUT2D eigenvalue weighted by molar-refractivity contribution is -0.149. The number of hydrogen-bond donors (Lipinski definition) is 0. The van der Waals surface area contributed by atoms with Gasteiger partial charge in [-0.15, -0.1) is 0 Å². The molecule has 0 aromatic heterocycles. The molecule has 0 radical (unpaired) electrons. The molecule has 1 aromatic rings. The number of imide groups is 1. The van der Waals surface area contributed by atoms with Crippen LogP contribution in [-0.2, 0) is 14.3 Å². The van der Waals surface area contributed by atoms with Crippen molar-refractivity contribution in [2.24, 2.45) is 0 Å². The summed E-state index contributed by atoms with van der Waals surface area (Å²) >= 11 is 0.698. The number of amides is 2. The molecule has 1 aromatic carbocycles. The smallest absolute Gasteiger partial charge is 0.326 e. The maximum absolute atomic E-state index is 14.9. The number of halogens is 1. The van der Waals surface area contributed by atoms with E-state index in [2.05, 4.69) is 25.7 Å². The molecule has 3 rings (SSSR count). The van der Waals surface area contributed by atoms with Gasteiger partial charge in [0.1, 0.15) is 12.4 Å². The molecule has 0 N–H and O–H groups in total. The Bertz CT molecular complexity index is 941. The molecule has 8 heteroatoms. The van der Waals surface area contributed by atoms with Gasteiger partial charge in [-0.1, -0.05) is 6.92 Å². The molecule has 2 aliphatic rings. The molecule has 30 heavy (non-hydrogen) atoms. The normalized spacial score (nSPS) is 22.1. The molecule has 0 bridgehead atoms. The van der Waals surface area contributed by atoms with Crippen molar-refractivity contribution in [2.45, 2.75) is 58.6 Å². The van der Waals surface area contributed by atoms with Crippen molar-refractivity contribution in [3.63, 3.8) is 0 Å². The van der Waals surface area contributed by atoms with Gasteiger partial charge < -0.3 is 9.64 Å². The first-order chi connectivity index (χ1) is 13.9. The average molecular weight is 435 g/mol. The topological polar surface area (TPSA) is 66.9 Å². The number of anilines is 1. The van der Waals surface area contributed by atoms with Gasteiger partial charge in [-0.25, -0.2) is 4.39 Å². The van der Waals surface area contributed by atoms with E-state index in [1.165, 1.54) is 12.1 Å². The predicted octanol–water partition coefficient (Wildman–Crippen LogP) is 4.54. The molecule has 1 atom stereocenters. The highest BCUT2D eigenvalue weighted by Crippen LogP contribution is 2.44. The average Bonchev–Trinajstić information content (AvgIpc) is 2.87. The van der Waals surface area contributed by atoms with Crippen LogP contribution in [0.15, 0.2) is 17.0 Å². The molecule has 2 amide bonds. The molecule has 1 fully saturated rings. The van der Waals surface area contributed by atoms with Crippen molar-refractivity contribution >= 4 is 40.6 Å². The first-order valence-electron chi connectivity index (χ1n) is 9.93. The Morgan fingerprint density at radius 3 is 2.67 bits per heavy atom. The van der Waals surface area contributed by atoms with Crippen LogP contribution in [0.3, 0.4) is 0 Å². The molecule has 2 aliphatic heterocycles. The molecular formula is C22H27FN2O4S. The number of benzene rings is 1. The first kappa shape index (κ1) is 22.3. The highest BCUT2D eigenvalue weighted by molar-refractivity contribution is 8.18. The molecule has 0 saturated carbocycles.